The van der Waals surface area contributed by atoms with Crippen molar-refractivity contribution in [2.75, 3.05) is 37.5 Å². The highest BCUT2D eigenvalue weighted by Gasteiger charge is 2.26. The number of carbonyl (C=O) groups excluding carboxylic acids is 1. The summed E-state index contributed by atoms with van der Waals surface area (Å²) in [7, 11) is -2.21. The molecule has 0 spiro atoms. The molecule has 228 valence electrons. The zero-order chi connectivity index (χ0) is 31.0. The highest BCUT2D eigenvalue weighted by Crippen LogP contribution is 2.28. The standard InChI is InChI=1S/C32H41N7O3S/c1-4-37(5-2)21-22-39(43(41,42)27-9-7-6-8-10-27)26-16-17-29-28(23-26)36-30(38(29)20-19-31(40)35-3)18-13-24-11-14-25(15-12-24)32(33)34/h6-12,14-17,23H,4-5,13,18-22H2,1-3H3,(H3,33,34)(H,35,40). The highest BCUT2D eigenvalue weighted by molar-refractivity contribution is 7.92. The van der Waals surface area contributed by atoms with E-state index in [2.05, 4.69) is 24.1 Å². The molecule has 43 heavy (non-hydrogen) atoms. The second kappa shape index (κ2) is 14.3. The maximum atomic E-state index is 13.9. The minimum atomic E-state index is -3.82. The highest BCUT2D eigenvalue weighted by atomic mass is 32.2. The molecule has 10 nitrogen and oxygen atoms in total. The molecule has 0 radical (unpaired) electrons. The van der Waals surface area contributed by atoms with E-state index >= 15 is 0 Å². The van der Waals surface area contributed by atoms with Crippen LogP contribution < -0.4 is 15.4 Å². The van der Waals surface area contributed by atoms with Gasteiger partial charge in [0, 0.05) is 45.1 Å². The van der Waals surface area contributed by atoms with Crippen molar-refractivity contribution in [2.45, 2.75) is 44.6 Å². The summed E-state index contributed by atoms with van der Waals surface area (Å²) in [5, 5.41) is 10.3. The number of nitrogens with one attached hydrogen (secondary N) is 2. The van der Waals surface area contributed by atoms with Gasteiger partial charge in [0.2, 0.25) is 5.91 Å². The van der Waals surface area contributed by atoms with Crippen LogP contribution in [0.4, 0.5) is 5.69 Å². The van der Waals surface area contributed by atoms with Crippen molar-refractivity contribution < 1.29 is 13.2 Å². The fourth-order valence-corrected chi connectivity index (χ4v) is 6.56. The first-order valence-corrected chi connectivity index (χ1v) is 16.0. The maximum absolute atomic E-state index is 13.9. The summed E-state index contributed by atoms with van der Waals surface area (Å²) >= 11 is 0. The van der Waals surface area contributed by atoms with Gasteiger partial charge >= 0.3 is 0 Å². The molecule has 4 rings (SSSR count). The van der Waals surface area contributed by atoms with Crippen LogP contribution in [0.3, 0.4) is 0 Å². The Morgan fingerprint density at radius 3 is 2.30 bits per heavy atom. The molecular formula is C32H41N7O3S. The van der Waals surface area contributed by atoms with Crippen LogP contribution in [-0.4, -0.2) is 67.8 Å². The first-order valence-electron chi connectivity index (χ1n) is 14.6. The molecule has 1 heterocycles. The number of anilines is 1. The predicted molar refractivity (Wildman–Crippen MR) is 172 cm³/mol. The summed E-state index contributed by atoms with van der Waals surface area (Å²) in [5.74, 6) is 0.770. The van der Waals surface area contributed by atoms with Gasteiger partial charge in [0.15, 0.2) is 0 Å². The van der Waals surface area contributed by atoms with Gasteiger partial charge in [-0.2, -0.15) is 0 Å². The van der Waals surface area contributed by atoms with Crippen molar-refractivity contribution in [1.82, 2.24) is 19.8 Å². The van der Waals surface area contributed by atoms with E-state index in [1.165, 1.54) is 4.31 Å². The Balaban J connectivity index is 1.71. The lowest BCUT2D eigenvalue weighted by Crippen LogP contribution is -2.38. The molecule has 0 unspecified atom stereocenters. The molecule has 0 aliphatic carbocycles. The molecule has 4 N–H and O–H groups in total. The van der Waals surface area contributed by atoms with E-state index in [1.807, 2.05) is 47.0 Å². The minimum Gasteiger partial charge on any atom is -0.384 e. The quantitative estimate of drug-likeness (QED) is 0.140. The number of hydrogen-bond acceptors (Lipinski definition) is 6. The second-order valence-corrected chi connectivity index (χ2v) is 12.2. The number of likely N-dealkylation sites (N-methyl/N-ethyl adjacent to an activating group) is 1. The van der Waals surface area contributed by atoms with Gasteiger partial charge in [-0.1, -0.05) is 56.3 Å². The third-order valence-electron chi connectivity index (χ3n) is 7.69. The molecular weight excluding hydrogens is 562 g/mol. The van der Waals surface area contributed by atoms with Crippen LogP contribution in [0.25, 0.3) is 11.0 Å². The number of carbonyl (C=O) groups is 1. The van der Waals surface area contributed by atoms with Gasteiger partial charge in [-0.3, -0.25) is 14.5 Å². The van der Waals surface area contributed by atoms with E-state index in [-0.39, 0.29) is 16.6 Å². The van der Waals surface area contributed by atoms with E-state index in [0.29, 0.717) is 55.7 Å². The van der Waals surface area contributed by atoms with Gasteiger partial charge in [-0.25, -0.2) is 13.4 Å². The van der Waals surface area contributed by atoms with E-state index < -0.39 is 10.0 Å². The fourth-order valence-electron chi connectivity index (χ4n) is 5.09. The molecule has 0 fully saturated rings. The SMILES string of the molecule is CCN(CC)CCN(c1ccc2c(c1)nc(CCc1ccc(C(=N)N)cc1)n2CCC(=O)NC)S(=O)(=O)c1ccccc1. The lowest BCUT2D eigenvalue weighted by Gasteiger charge is -2.27. The summed E-state index contributed by atoms with van der Waals surface area (Å²) in [6.07, 6.45) is 1.61. The Morgan fingerprint density at radius 1 is 0.977 bits per heavy atom. The van der Waals surface area contributed by atoms with E-state index in [0.717, 1.165) is 30.0 Å². The van der Waals surface area contributed by atoms with Gasteiger partial charge in [0.1, 0.15) is 11.7 Å². The number of aromatic nitrogens is 2. The molecule has 3 aromatic carbocycles. The van der Waals surface area contributed by atoms with Crippen LogP contribution in [0.5, 0.6) is 0 Å². The Kier molecular flexibility index (Phi) is 10.5. The Morgan fingerprint density at radius 2 is 1.67 bits per heavy atom. The fraction of sp³-hybridized carbons (Fsp3) is 0.344. The average molecular weight is 604 g/mol. The lowest BCUT2D eigenvalue weighted by molar-refractivity contribution is -0.120. The van der Waals surface area contributed by atoms with E-state index in [9.17, 15) is 13.2 Å². The average Bonchev–Trinajstić information content (AvgIpc) is 3.37. The van der Waals surface area contributed by atoms with Crippen LogP contribution >= 0.6 is 0 Å². The molecule has 1 amide bonds. The van der Waals surface area contributed by atoms with Gasteiger partial charge in [0.05, 0.1) is 21.6 Å². The van der Waals surface area contributed by atoms with Crippen LogP contribution in [0.15, 0.2) is 77.7 Å². The maximum Gasteiger partial charge on any atom is 0.264 e. The van der Waals surface area contributed by atoms with Crippen molar-refractivity contribution in [3.63, 3.8) is 0 Å². The Bertz CT molecular complexity index is 1650. The van der Waals surface area contributed by atoms with Crippen molar-refractivity contribution in [3.8, 4) is 0 Å². The van der Waals surface area contributed by atoms with Gasteiger partial charge in [-0.15, -0.1) is 0 Å². The molecule has 0 bridgehead atoms. The summed E-state index contributed by atoms with van der Waals surface area (Å²) in [6.45, 7) is 7.11. The number of rotatable bonds is 15. The summed E-state index contributed by atoms with van der Waals surface area (Å²) in [6, 6.07) is 21.6. The molecule has 0 atom stereocenters. The van der Waals surface area contributed by atoms with E-state index in [1.54, 1.807) is 37.4 Å². The van der Waals surface area contributed by atoms with Crippen LogP contribution in [0.1, 0.15) is 37.2 Å². The molecule has 4 aromatic rings. The van der Waals surface area contributed by atoms with Crippen LogP contribution in [0.2, 0.25) is 0 Å². The zero-order valence-corrected chi connectivity index (χ0v) is 25.9. The number of imidazole rings is 1. The van der Waals surface area contributed by atoms with Crippen LogP contribution in [0, 0.1) is 5.41 Å². The number of benzene rings is 3. The third-order valence-corrected chi connectivity index (χ3v) is 9.53. The largest absolute Gasteiger partial charge is 0.384 e. The first-order chi connectivity index (χ1) is 20.7. The van der Waals surface area contributed by atoms with Crippen molar-refractivity contribution in [2.24, 2.45) is 5.73 Å². The van der Waals surface area contributed by atoms with Crippen LogP contribution in [-0.2, 0) is 34.2 Å². The van der Waals surface area contributed by atoms with Gasteiger partial charge in [-0.05, 0) is 55.4 Å². The van der Waals surface area contributed by atoms with Crippen molar-refractivity contribution >= 4 is 38.5 Å². The number of nitrogens with zero attached hydrogens (tertiary/aromatic N) is 4. The van der Waals surface area contributed by atoms with Gasteiger partial charge in [0.25, 0.3) is 10.0 Å². The normalized spacial score (nSPS) is 11.6. The second-order valence-electron chi connectivity index (χ2n) is 10.3. The monoisotopic (exact) mass is 603 g/mol. The number of fused-ring (bicyclic) bond motifs is 1. The van der Waals surface area contributed by atoms with Crippen molar-refractivity contribution in [3.05, 3.63) is 89.7 Å². The topological polar surface area (TPSA) is 137 Å². The predicted octanol–water partition coefficient (Wildman–Crippen LogP) is 3.78. The Labute approximate surface area is 254 Å². The molecule has 0 aliphatic rings. The minimum absolute atomic E-state index is 0.0266. The molecule has 11 heteroatoms. The first kappa shape index (κ1) is 31.7. The lowest BCUT2D eigenvalue weighted by atomic mass is 10.1. The smallest absolute Gasteiger partial charge is 0.264 e. The number of sulfonamides is 1. The molecule has 0 saturated heterocycles. The number of hydrogen-bond donors (Lipinski definition) is 3. The summed E-state index contributed by atoms with van der Waals surface area (Å²) < 4.78 is 31.3. The van der Waals surface area contributed by atoms with Gasteiger partial charge < -0.3 is 20.5 Å². The molecule has 1 aromatic heterocycles. The number of amidine groups is 1. The number of nitrogens with two attached hydrogens (primary N) is 1. The third kappa shape index (κ3) is 7.60. The Hall–Kier alpha value is -4.22. The summed E-state index contributed by atoms with van der Waals surface area (Å²) in [4.78, 5) is 19.5. The summed E-state index contributed by atoms with van der Waals surface area (Å²) in [5.41, 5.74) is 9.41. The molecule has 0 aliphatic heterocycles. The zero-order valence-electron chi connectivity index (χ0n) is 25.1. The number of nitrogen functional groups attached to an aromatic ring is 1. The van der Waals surface area contributed by atoms with E-state index in [4.69, 9.17) is 16.1 Å². The number of aryl methyl sites for hydroxylation is 3. The van der Waals surface area contributed by atoms with Crippen molar-refractivity contribution in [1.29, 1.82) is 5.41 Å². The molecule has 0 saturated carbocycles. The number of amides is 1.